The van der Waals surface area contributed by atoms with Crippen molar-refractivity contribution in [3.05, 3.63) is 34.6 Å². The van der Waals surface area contributed by atoms with E-state index >= 15 is 0 Å². The van der Waals surface area contributed by atoms with Gasteiger partial charge in [-0.3, -0.25) is 0 Å². The fraction of sp³-hybridized carbons (Fsp3) is 0.571. The Morgan fingerprint density at radius 2 is 2.24 bits per heavy atom. The molecular formula is C14H18ClFO. The summed E-state index contributed by atoms with van der Waals surface area (Å²) in [7, 11) is 0. The largest absolute Gasteiger partial charge is 0.392 e. The second kappa shape index (κ2) is 5.36. The van der Waals surface area contributed by atoms with Crippen molar-refractivity contribution in [1.29, 1.82) is 0 Å². The van der Waals surface area contributed by atoms with E-state index in [9.17, 15) is 9.50 Å². The average Bonchev–Trinajstić information content (AvgIpc) is 2.72. The number of aliphatic hydroxyl groups is 1. The third kappa shape index (κ3) is 2.99. The number of rotatable bonds is 3. The highest BCUT2D eigenvalue weighted by Crippen LogP contribution is 2.34. The lowest BCUT2D eigenvalue weighted by molar-refractivity contribution is 0.108. The summed E-state index contributed by atoms with van der Waals surface area (Å²) in [6.45, 7) is 2.20. The highest BCUT2D eigenvalue weighted by atomic mass is 35.5. The maximum Gasteiger partial charge on any atom is 0.145 e. The van der Waals surface area contributed by atoms with E-state index in [0.29, 0.717) is 23.8 Å². The molecule has 0 saturated heterocycles. The van der Waals surface area contributed by atoms with Gasteiger partial charge in [-0.2, -0.15) is 0 Å². The highest BCUT2D eigenvalue weighted by molar-refractivity contribution is 6.30. The Morgan fingerprint density at radius 1 is 1.47 bits per heavy atom. The summed E-state index contributed by atoms with van der Waals surface area (Å²) in [5.41, 5.74) is 0.518. The zero-order valence-electron chi connectivity index (χ0n) is 10.00. The Balaban J connectivity index is 2.03. The van der Waals surface area contributed by atoms with Crippen LogP contribution in [0, 0.1) is 17.7 Å². The summed E-state index contributed by atoms with van der Waals surface area (Å²) in [4.78, 5) is 0. The van der Waals surface area contributed by atoms with E-state index in [1.54, 1.807) is 12.1 Å². The molecule has 3 unspecified atom stereocenters. The predicted octanol–water partition coefficient (Wildman–Crippen LogP) is 3.82. The third-order valence-electron chi connectivity index (χ3n) is 3.74. The average molecular weight is 257 g/mol. The van der Waals surface area contributed by atoms with Crippen molar-refractivity contribution in [2.24, 2.45) is 11.8 Å². The van der Waals surface area contributed by atoms with Crippen LogP contribution in [-0.2, 0) is 6.42 Å². The first-order chi connectivity index (χ1) is 8.08. The molecule has 3 heteroatoms. The van der Waals surface area contributed by atoms with E-state index in [0.717, 1.165) is 12.8 Å². The first kappa shape index (κ1) is 12.8. The minimum absolute atomic E-state index is 0.134. The number of hydrogen-bond acceptors (Lipinski definition) is 1. The van der Waals surface area contributed by atoms with Crippen LogP contribution in [0.15, 0.2) is 18.2 Å². The van der Waals surface area contributed by atoms with E-state index < -0.39 is 6.10 Å². The van der Waals surface area contributed by atoms with Gasteiger partial charge >= 0.3 is 0 Å². The Morgan fingerprint density at radius 3 is 2.88 bits per heavy atom. The fourth-order valence-electron chi connectivity index (χ4n) is 2.70. The summed E-state index contributed by atoms with van der Waals surface area (Å²) >= 11 is 5.72. The van der Waals surface area contributed by atoms with Gasteiger partial charge in [0, 0.05) is 6.42 Å². The van der Waals surface area contributed by atoms with Crippen LogP contribution in [0.1, 0.15) is 31.7 Å². The molecule has 1 N–H and O–H groups in total. The van der Waals surface area contributed by atoms with Crippen molar-refractivity contribution in [2.45, 2.75) is 38.7 Å². The predicted molar refractivity (Wildman–Crippen MR) is 67.6 cm³/mol. The topological polar surface area (TPSA) is 20.2 Å². The van der Waals surface area contributed by atoms with E-state index in [-0.39, 0.29) is 10.8 Å². The summed E-state index contributed by atoms with van der Waals surface area (Å²) < 4.78 is 13.7. The lowest BCUT2D eigenvalue weighted by atomic mass is 9.94. The number of aliphatic hydroxyl groups excluding tert-OH is 1. The normalized spacial score (nSPS) is 26.1. The van der Waals surface area contributed by atoms with Gasteiger partial charge in [-0.15, -0.1) is 0 Å². The molecule has 0 aromatic heterocycles. The molecule has 1 aliphatic rings. The van der Waals surface area contributed by atoms with Crippen LogP contribution < -0.4 is 0 Å². The highest BCUT2D eigenvalue weighted by Gasteiger charge is 2.28. The van der Waals surface area contributed by atoms with Gasteiger partial charge in [0.1, 0.15) is 5.82 Å². The van der Waals surface area contributed by atoms with Crippen molar-refractivity contribution in [2.75, 3.05) is 0 Å². The van der Waals surface area contributed by atoms with Crippen molar-refractivity contribution < 1.29 is 9.50 Å². The molecule has 3 atom stereocenters. The molecule has 0 aliphatic heterocycles. The molecule has 0 heterocycles. The molecule has 1 aliphatic carbocycles. The molecule has 0 spiro atoms. The van der Waals surface area contributed by atoms with E-state index in [4.69, 9.17) is 11.6 Å². The van der Waals surface area contributed by atoms with Gasteiger partial charge in [-0.1, -0.05) is 37.1 Å². The molecule has 0 bridgehead atoms. The Bertz CT molecular complexity index is 394. The van der Waals surface area contributed by atoms with Crippen molar-refractivity contribution in [1.82, 2.24) is 0 Å². The molecule has 1 nitrogen and oxygen atoms in total. The van der Waals surface area contributed by atoms with Gasteiger partial charge in [0.2, 0.25) is 0 Å². The minimum Gasteiger partial charge on any atom is -0.392 e. The molecule has 1 saturated carbocycles. The quantitative estimate of drug-likeness (QED) is 0.872. The van der Waals surface area contributed by atoms with Crippen LogP contribution in [0.2, 0.25) is 5.02 Å². The molecule has 0 radical (unpaired) electrons. The molecule has 1 aromatic rings. The third-order valence-corrected chi connectivity index (χ3v) is 4.03. The molecule has 0 amide bonds. The molecule has 17 heavy (non-hydrogen) atoms. The van der Waals surface area contributed by atoms with E-state index in [1.165, 1.54) is 12.5 Å². The lowest BCUT2D eigenvalue weighted by Gasteiger charge is -2.18. The van der Waals surface area contributed by atoms with Gasteiger partial charge in [0.15, 0.2) is 0 Å². The van der Waals surface area contributed by atoms with Crippen LogP contribution >= 0.6 is 11.6 Å². The zero-order chi connectivity index (χ0) is 12.4. The monoisotopic (exact) mass is 256 g/mol. The molecule has 1 fully saturated rings. The molecule has 2 rings (SSSR count). The van der Waals surface area contributed by atoms with Gasteiger partial charge < -0.3 is 5.11 Å². The Hall–Kier alpha value is -0.600. The first-order valence-corrected chi connectivity index (χ1v) is 6.56. The molecule has 1 aromatic carbocycles. The van der Waals surface area contributed by atoms with Crippen LogP contribution in [-0.4, -0.2) is 11.2 Å². The van der Waals surface area contributed by atoms with Gasteiger partial charge in [0.05, 0.1) is 11.1 Å². The van der Waals surface area contributed by atoms with Crippen molar-refractivity contribution in [3.63, 3.8) is 0 Å². The van der Waals surface area contributed by atoms with E-state index in [2.05, 4.69) is 6.92 Å². The first-order valence-electron chi connectivity index (χ1n) is 6.19. The van der Waals surface area contributed by atoms with Gasteiger partial charge in [0.25, 0.3) is 0 Å². The molecular weight excluding hydrogens is 239 g/mol. The fourth-order valence-corrected chi connectivity index (χ4v) is 2.89. The minimum atomic E-state index is -0.451. The summed E-state index contributed by atoms with van der Waals surface area (Å²) in [6.07, 6.45) is 3.17. The zero-order valence-corrected chi connectivity index (χ0v) is 10.8. The smallest absolute Gasteiger partial charge is 0.145 e. The second-order valence-corrected chi connectivity index (χ2v) is 5.57. The van der Waals surface area contributed by atoms with Gasteiger partial charge in [-0.05, 0) is 36.3 Å². The van der Waals surface area contributed by atoms with Crippen molar-refractivity contribution >= 4 is 11.6 Å². The summed E-state index contributed by atoms with van der Waals surface area (Å²) in [5, 5.41) is 10.3. The second-order valence-electron chi connectivity index (χ2n) is 5.16. The maximum atomic E-state index is 13.7. The standard InChI is InChI=1S/C14H18ClFO/c1-9-5-6-10(7-9)13(17)8-11-3-2-4-12(15)14(11)16/h2-4,9-10,13,17H,5-8H2,1H3. The maximum absolute atomic E-state index is 13.7. The Labute approximate surface area is 107 Å². The Kier molecular flexibility index (Phi) is 4.05. The lowest BCUT2D eigenvalue weighted by Crippen LogP contribution is -2.21. The van der Waals surface area contributed by atoms with Crippen molar-refractivity contribution in [3.8, 4) is 0 Å². The van der Waals surface area contributed by atoms with Crippen LogP contribution in [0.25, 0.3) is 0 Å². The van der Waals surface area contributed by atoms with Crippen LogP contribution in [0.3, 0.4) is 0 Å². The van der Waals surface area contributed by atoms with Crippen LogP contribution in [0.5, 0.6) is 0 Å². The molecule has 94 valence electrons. The summed E-state index contributed by atoms with van der Waals surface area (Å²) in [5.74, 6) is 0.599. The van der Waals surface area contributed by atoms with E-state index in [1.807, 2.05) is 0 Å². The number of hydrogen-bond donors (Lipinski definition) is 1. The summed E-state index contributed by atoms with van der Waals surface area (Å²) in [6, 6.07) is 4.96. The number of benzene rings is 1. The van der Waals surface area contributed by atoms with Gasteiger partial charge in [-0.25, -0.2) is 4.39 Å². The number of halogens is 2. The SMILES string of the molecule is CC1CCC(C(O)Cc2cccc(Cl)c2F)C1. The van der Waals surface area contributed by atoms with Crippen LogP contribution in [0.4, 0.5) is 4.39 Å².